The molecule has 1 fully saturated rings. The SMILES string of the molecule is CON(C)S(=O)(=O)c1cccc(C(=O)NCc2ccc(N3CCCC3=O)cc2)c1. The number of hydrogen-bond acceptors (Lipinski definition) is 5. The van der Waals surface area contributed by atoms with Crippen molar-refractivity contribution >= 4 is 27.5 Å². The van der Waals surface area contributed by atoms with E-state index < -0.39 is 10.0 Å². The van der Waals surface area contributed by atoms with Crippen molar-refractivity contribution in [1.82, 2.24) is 9.79 Å². The molecule has 3 rings (SSSR count). The van der Waals surface area contributed by atoms with E-state index in [1.165, 1.54) is 32.4 Å². The van der Waals surface area contributed by atoms with Crippen LogP contribution < -0.4 is 10.2 Å². The zero-order chi connectivity index (χ0) is 21.0. The van der Waals surface area contributed by atoms with E-state index in [-0.39, 0.29) is 28.8 Å². The highest BCUT2D eigenvalue weighted by Gasteiger charge is 2.22. The fourth-order valence-corrected chi connectivity index (χ4v) is 4.06. The summed E-state index contributed by atoms with van der Waals surface area (Å²) in [5.74, 6) is -0.263. The standard InChI is InChI=1S/C20H23N3O5S/c1-22(28-2)29(26,27)18-6-3-5-16(13-18)20(25)21-14-15-8-10-17(11-9-15)23-12-4-7-19(23)24/h3,5-6,8-11,13H,4,7,12,14H2,1-2H3,(H,21,25). The van der Waals surface area contributed by atoms with Gasteiger partial charge in [0.25, 0.3) is 15.9 Å². The first-order chi connectivity index (χ1) is 13.8. The Balaban J connectivity index is 1.65. The Morgan fingerprint density at radius 1 is 1.21 bits per heavy atom. The molecule has 8 nitrogen and oxygen atoms in total. The third-order valence-corrected chi connectivity index (χ3v) is 6.44. The summed E-state index contributed by atoms with van der Waals surface area (Å²) in [7, 11) is -1.30. The molecule has 1 saturated heterocycles. The molecule has 0 spiro atoms. The van der Waals surface area contributed by atoms with Crippen LogP contribution in [0.4, 0.5) is 5.69 Å². The molecule has 0 atom stereocenters. The molecule has 9 heteroatoms. The van der Waals surface area contributed by atoms with Crippen LogP contribution in [-0.2, 0) is 26.2 Å². The molecule has 2 amide bonds. The summed E-state index contributed by atoms with van der Waals surface area (Å²) in [6.45, 7) is 1.01. The van der Waals surface area contributed by atoms with E-state index in [0.29, 0.717) is 6.42 Å². The normalized spacial score (nSPS) is 14.4. The molecule has 0 aliphatic carbocycles. The van der Waals surface area contributed by atoms with Gasteiger partial charge in [0, 0.05) is 37.8 Å². The minimum Gasteiger partial charge on any atom is -0.348 e. The van der Waals surface area contributed by atoms with Crippen LogP contribution in [0.15, 0.2) is 53.4 Å². The molecular weight excluding hydrogens is 394 g/mol. The zero-order valence-electron chi connectivity index (χ0n) is 16.3. The highest BCUT2D eigenvalue weighted by Crippen LogP contribution is 2.21. The van der Waals surface area contributed by atoms with Gasteiger partial charge in [-0.3, -0.25) is 14.4 Å². The number of amides is 2. The van der Waals surface area contributed by atoms with E-state index in [1.54, 1.807) is 11.0 Å². The minimum absolute atomic E-state index is 0.0332. The van der Waals surface area contributed by atoms with Crippen molar-refractivity contribution in [2.24, 2.45) is 0 Å². The molecule has 0 saturated carbocycles. The second kappa shape index (κ2) is 8.73. The Bertz CT molecular complexity index is 1010. The van der Waals surface area contributed by atoms with Crippen LogP contribution in [0.3, 0.4) is 0 Å². The van der Waals surface area contributed by atoms with Gasteiger partial charge in [-0.25, -0.2) is 8.42 Å². The largest absolute Gasteiger partial charge is 0.348 e. The van der Waals surface area contributed by atoms with Gasteiger partial charge < -0.3 is 10.2 Å². The van der Waals surface area contributed by atoms with Crippen LogP contribution >= 0.6 is 0 Å². The van der Waals surface area contributed by atoms with Gasteiger partial charge in [0.2, 0.25) is 5.91 Å². The Labute approximate surface area is 170 Å². The quantitative estimate of drug-likeness (QED) is 0.695. The third kappa shape index (κ3) is 4.64. The minimum atomic E-state index is -3.83. The van der Waals surface area contributed by atoms with Crippen molar-refractivity contribution in [2.75, 3.05) is 25.6 Å². The van der Waals surface area contributed by atoms with Gasteiger partial charge in [0.05, 0.1) is 12.0 Å². The smallest absolute Gasteiger partial charge is 0.264 e. The highest BCUT2D eigenvalue weighted by atomic mass is 32.2. The van der Waals surface area contributed by atoms with E-state index in [9.17, 15) is 18.0 Å². The maximum Gasteiger partial charge on any atom is 0.264 e. The molecule has 1 heterocycles. The molecule has 2 aromatic rings. The molecule has 29 heavy (non-hydrogen) atoms. The number of carbonyl (C=O) groups excluding carboxylic acids is 2. The van der Waals surface area contributed by atoms with Crippen LogP contribution in [0, 0.1) is 0 Å². The number of benzene rings is 2. The number of nitrogens with zero attached hydrogens (tertiary/aromatic N) is 2. The van der Waals surface area contributed by atoms with Gasteiger partial charge in [-0.2, -0.15) is 0 Å². The predicted octanol–water partition coefficient (Wildman–Crippen LogP) is 1.93. The van der Waals surface area contributed by atoms with Gasteiger partial charge in [-0.05, 0) is 42.3 Å². The molecule has 1 aliphatic rings. The molecule has 1 aliphatic heterocycles. The van der Waals surface area contributed by atoms with Crippen LogP contribution in [-0.4, -0.2) is 45.4 Å². The van der Waals surface area contributed by atoms with Crippen LogP contribution in [0.5, 0.6) is 0 Å². The van der Waals surface area contributed by atoms with Crippen LogP contribution in [0.25, 0.3) is 0 Å². The second-order valence-corrected chi connectivity index (χ2v) is 8.56. The lowest BCUT2D eigenvalue weighted by Gasteiger charge is -2.16. The molecular formula is C20H23N3O5S. The number of hydrogen-bond donors (Lipinski definition) is 1. The monoisotopic (exact) mass is 417 g/mol. The number of hydroxylamine groups is 1. The van der Waals surface area contributed by atoms with Crippen molar-refractivity contribution in [2.45, 2.75) is 24.3 Å². The lowest BCUT2D eigenvalue weighted by molar-refractivity contribution is -0.117. The van der Waals surface area contributed by atoms with Gasteiger partial charge in [0.1, 0.15) is 0 Å². The lowest BCUT2D eigenvalue weighted by atomic mass is 10.1. The first-order valence-corrected chi connectivity index (χ1v) is 10.6. The lowest BCUT2D eigenvalue weighted by Crippen LogP contribution is -2.27. The molecule has 0 radical (unpaired) electrons. The maximum atomic E-state index is 12.5. The van der Waals surface area contributed by atoms with Crippen molar-refractivity contribution in [3.8, 4) is 0 Å². The summed E-state index contributed by atoms with van der Waals surface area (Å²) in [6.07, 6.45) is 1.44. The average molecular weight is 417 g/mol. The molecule has 1 N–H and O–H groups in total. The van der Waals surface area contributed by atoms with E-state index in [2.05, 4.69) is 5.32 Å². The Hall–Kier alpha value is -2.75. The second-order valence-electron chi connectivity index (χ2n) is 6.62. The summed E-state index contributed by atoms with van der Waals surface area (Å²) >= 11 is 0. The Morgan fingerprint density at radius 3 is 2.55 bits per heavy atom. The molecule has 0 bridgehead atoms. The number of nitrogens with one attached hydrogen (secondary N) is 1. The summed E-state index contributed by atoms with van der Waals surface area (Å²) in [4.78, 5) is 30.7. The molecule has 154 valence electrons. The van der Waals surface area contributed by atoms with E-state index in [0.717, 1.165) is 28.7 Å². The number of sulfonamides is 1. The van der Waals surface area contributed by atoms with Gasteiger partial charge in [-0.15, -0.1) is 0 Å². The Morgan fingerprint density at radius 2 is 1.93 bits per heavy atom. The third-order valence-electron chi connectivity index (χ3n) is 4.76. The van der Waals surface area contributed by atoms with Gasteiger partial charge in [0.15, 0.2) is 0 Å². The van der Waals surface area contributed by atoms with Crippen molar-refractivity contribution < 1.29 is 22.8 Å². The van der Waals surface area contributed by atoms with Crippen LogP contribution in [0.1, 0.15) is 28.8 Å². The number of anilines is 1. The summed E-state index contributed by atoms with van der Waals surface area (Å²) in [5, 5.41) is 2.78. The fraction of sp³-hybridized carbons (Fsp3) is 0.300. The summed E-state index contributed by atoms with van der Waals surface area (Å²) in [6, 6.07) is 13.2. The molecule has 0 aromatic heterocycles. The molecule has 2 aromatic carbocycles. The van der Waals surface area contributed by atoms with Crippen LogP contribution in [0.2, 0.25) is 0 Å². The average Bonchev–Trinajstić information content (AvgIpc) is 3.17. The Kier molecular flexibility index (Phi) is 6.31. The number of carbonyl (C=O) groups is 2. The first-order valence-electron chi connectivity index (χ1n) is 9.13. The molecule has 0 unspecified atom stereocenters. The zero-order valence-corrected chi connectivity index (χ0v) is 17.1. The first kappa shape index (κ1) is 21.0. The highest BCUT2D eigenvalue weighted by molar-refractivity contribution is 7.89. The topological polar surface area (TPSA) is 96.0 Å². The summed E-state index contributed by atoms with van der Waals surface area (Å²) in [5.41, 5.74) is 1.95. The van der Waals surface area contributed by atoms with Crippen molar-refractivity contribution in [3.05, 3.63) is 59.7 Å². The van der Waals surface area contributed by atoms with E-state index in [4.69, 9.17) is 4.84 Å². The number of rotatable bonds is 7. The van der Waals surface area contributed by atoms with E-state index >= 15 is 0 Å². The van der Waals surface area contributed by atoms with Crippen molar-refractivity contribution in [1.29, 1.82) is 0 Å². The predicted molar refractivity (Wildman–Crippen MR) is 108 cm³/mol. The fourth-order valence-electron chi connectivity index (χ4n) is 3.04. The van der Waals surface area contributed by atoms with E-state index in [1.807, 2.05) is 24.3 Å². The van der Waals surface area contributed by atoms with Crippen molar-refractivity contribution in [3.63, 3.8) is 0 Å². The van der Waals surface area contributed by atoms with Gasteiger partial charge >= 0.3 is 0 Å². The summed E-state index contributed by atoms with van der Waals surface area (Å²) < 4.78 is 25.4. The van der Waals surface area contributed by atoms with Gasteiger partial charge in [-0.1, -0.05) is 22.7 Å². The maximum absolute atomic E-state index is 12.5.